The van der Waals surface area contributed by atoms with Crippen molar-refractivity contribution in [2.75, 3.05) is 18.5 Å². The highest BCUT2D eigenvalue weighted by molar-refractivity contribution is 9.10. The first-order valence-corrected chi connectivity index (χ1v) is 11.1. The van der Waals surface area contributed by atoms with Gasteiger partial charge in [-0.1, -0.05) is 39.1 Å². The summed E-state index contributed by atoms with van der Waals surface area (Å²) < 4.78 is 17.0. The molecule has 33 heavy (non-hydrogen) atoms. The fraction of sp³-hybridized carbons (Fsp3) is 0.136. The molecule has 11 heteroatoms. The van der Waals surface area contributed by atoms with Crippen molar-refractivity contribution in [2.45, 2.75) is 6.92 Å². The Hall–Kier alpha value is -3.01. The van der Waals surface area contributed by atoms with Crippen molar-refractivity contribution >= 4 is 68.8 Å². The highest BCUT2D eigenvalue weighted by Gasteiger charge is 2.25. The van der Waals surface area contributed by atoms with Crippen LogP contribution in [0.25, 0.3) is 0 Å². The minimum absolute atomic E-state index is 0.000171. The van der Waals surface area contributed by atoms with E-state index in [0.717, 1.165) is 4.47 Å². The van der Waals surface area contributed by atoms with Crippen LogP contribution in [0.3, 0.4) is 0 Å². The minimum atomic E-state index is -0.672. The lowest BCUT2D eigenvalue weighted by atomic mass is 10.2. The summed E-state index contributed by atoms with van der Waals surface area (Å²) in [5, 5.41) is 7.31. The number of benzene rings is 2. The highest BCUT2D eigenvalue weighted by atomic mass is 79.9. The Morgan fingerprint density at radius 3 is 2.48 bits per heavy atom. The zero-order chi connectivity index (χ0) is 23.8. The van der Waals surface area contributed by atoms with Gasteiger partial charge in [0.1, 0.15) is 16.3 Å². The highest BCUT2D eigenvalue weighted by Crippen LogP contribution is 2.34. The largest absolute Gasteiger partial charge is 0.484 e. The zero-order valence-electron chi connectivity index (χ0n) is 17.2. The predicted octanol–water partition coefficient (Wildman–Crippen LogP) is 5.80. The third-order valence-corrected chi connectivity index (χ3v) is 5.17. The SMILES string of the molecule is CCOC(=O)c1c(Nc2ccc(Cl)cc2)oc(/C=N\NC(=O)COc2ccc(Br)cc2)c1Cl. The number of hydrogen-bond acceptors (Lipinski definition) is 7. The second-order valence-electron chi connectivity index (χ2n) is 6.37. The number of anilines is 2. The lowest BCUT2D eigenvalue weighted by Crippen LogP contribution is -2.24. The Bertz CT molecular complexity index is 1150. The van der Waals surface area contributed by atoms with E-state index in [1.807, 2.05) is 0 Å². The number of halogens is 3. The molecule has 3 aromatic rings. The number of rotatable bonds is 9. The van der Waals surface area contributed by atoms with Gasteiger partial charge in [0.05, 0.1) is 12.8 Å². The van der Waals surface area contributed by atoms with E-state index in [1.165, 1.54) is 6.21 Å². The molecule has 3 rings (SSSR count). The molecular formula is C22H18BrCl2N3O5. The summed E-state index contributed by atoms with van der Waals surface area (Å²) in [5.41, 5.74) is 2.91. The second kappa shape index (κ2) is 11.7. The Kier molecular flexibility index (Phi) is 8.76. The molecule has 2 N–H and O–H groups in total. The average molecular weight is 555 g/mol. The number of hydrazone groups is 1. The Morgan fingerprint density at radius 1 is 1.12 bits per heavy atom. The smallest absolute Gasteiger partial charge is 0.345 e. The average Bonchev–Trinajstić information content (AvgIpc) is 3.10. The van der Waals surface area contributed by atoms with Gasteiger partial charge in [-0.05, 0) is 55.5 Å². The summed E-state index contributed by atoms with van der Waals surface area (Å²) in [6.45, 7) is 1.58. The van der Waals surface area contributed by atoms with Crippen molar-refractivity contribution in [3.8, 4) is 5.75 Å². The van der Waals surface area contributed by atoms with Gasteiger partial charge >= 0.3 is 5.97 Å². The monoisotopic (exact) mass is 553 g/mol. The van der Waals surface area contributed by atoms with Crippen LogP contribution in [-0.2, 0) is 9.53 Å². The fourth-order valence-corrected chi connectivity index (χ4v) is 3.17. The van der Waals surface area contributed by atoms with Crippen molar-refractivity contribution in [1.29, 1.82) is 0 Å². The van der Waals surface area contributed by atoms with Gasteiger partial charge in [-0.15, -0.1) is 0 Å². The molecule has 1 heterocycles. The molecule has 1 amide bonds. The van der Waals surface area contributed by atoms with E-state index in [4.69, 9.17) is 37.1 Å². The normalized spacial score (nSPS) is 10.8. The number of carbonyl (C=O) groups excluding carboxylic acids is 2. The molecule has 0 aliphatic rings. The first kappa shape index (κ1) is 24.6. The minimum Gasteiger partial charge on any atom is -0.484 e. The second-order valence-corrected chi connectivity index (χ2v) is 8.10. The number of hydrogen-bond donors (Lipinski definition) is 2. The van der Waals surface area contributed by atoms with E-state index in [-0.39, 0.29) is 35.4 Å². The van der Waals surface area contributed by atoms with E-state index in [1.54, 1.807) is 55.5 Å². The van der Waals surface area contributed by atoms with Crippen LogP contribution in [0.1, 0.15) is 23.0 Å². The maximum absolute atomic E-state index is 12.4. The molecule has 2 aromatic carbocycles. The summed E-state index contributed by atoms with van der Waals surface area (Å²) in [7, 11) is 0. The van der Waals surface area contributed by atoms with E-state index in [2.05, 4.69) is 31.8 Å². The fourth-order valence-electron chi connectivity index (χ4n) is 2.52. The zero-order valence-corrected chi connectivity index (χ0v) is 20.3. The number of ether oxygens (including phenoxy) is 2. The molecule has 0 unspecified atom stereocenters. The third-order valence-electron chi connectivity index (χ3n) is 4.01. The molecule has 172 valence electrons. The van der Waals surface area contributed by atoms with Crippen LogP contribution in [0.15, 0.2) is 62.5 Å². The first-order chi connectivity index (χ1) is 15.9. The first-order valence-electron chi connectivity index (χ1n) is 9.59. The topological polar surface area (TPSA) is 102 Å². The lowest BCUT2D eigenvalue weighted by molar-refractivity contribution is -0.123. The number of carbonyl (C=O) groups is 2. The summed E-state index contributed by atoms with van der Waals surface area (Å²) in [4.78, 5) is 24.4. The molecule has 8 nitrogen and oxygen atoms in total. The van der Waals surface area contributed by atoms with Gasteiger partial charge in [0.15, 0.2) is 12.4 Å². The summed E-state index contributed by atoms with van der Waals surface area (Å²) >= 11 is 15.6. The molecule has 0 aliphatic heterocycles. The van der Waals surface area contributed by atoms with Gasteiger partial charge in [-0.2, -0.15) is 5.10 Å². The van der Waals surface area contributed by atoms with Gasteiger partial charge in [-0.25, -0.2) is 10.2 Å². The Labute approximate surface area is 208 Å². The predicted molar refractivity (Wildman–Crippen MR) is 130 cm³/mol. The van der Waals surface area contributed by atoms with Crippen LogP contribution in [0.2, 0.25) is 10.0 Å². The third kappa shape index (κ3) is 6.98. The Balaban J connectivity index is 1.70. The molecule has 0 spiro atoms. The maximum atomic E-state index is 12.4. The van der Waals surface area contributed by atoms with Crippen molar-refractivity contribution in [1.82, 2.24) is 5.43 Å². The number of nitrogens with one attached hydrogen (secondary N) is 2. The Morgan fingerprint density at radius 2 is 1.82 bits per heavy atom. The summed E-state index contributed by atoms with van der Waals surface area (Å²) in [5.74, 6) is -0.530. The van der Waals surface area contributed by atoms with E-state index in [9.17, 15) is 9.59 Å². The molecule has 0 saturated heterocycles. The van der Waals surface area contributed by atoms with Gasteiger partial charge in [0.2, 0.25) is 5.88 Å². The summed E-state index contributed by atoms with van der Waals surface area (Å²) in [6, 6.07) is 13.8. The molecule has 1 aromatic heterocycles. The lowest BCUT2D eigenvalue weighted by Gasteiger charge is -2.06. The van der Waals surface area contributed by atoms with Crippen LogP contribution in [0.5, 0.6) is 5.75 Å². The summed E-state index contributed by atoms with van der Waals surface area (Å²) in [6.07, 6.45) is 1.18. The van der Waals surface area contributed by atoms with Crippen LogP contribution in [-0.4, -0.2) is 31.3 Å². The molecule has 0 atom stereocenters. The van der Waals surface area contributed by atoms with E-state index in [0.29, 0.717) is 16.5 Å². The van der Waals surface area contributed by atoms with Crippen LogP contribution >= 0.6 is 39.1 Å². The number of nitrogens with zero attached hydrogens (tertiary/aromatic N) is 1. The van der Waals surface area contributed by atoms with E-state index < -0.39 is 11.9 Å². The van der Waals surface area contributed by atoms with E-state index >= 15 is 0 Å². The van der Waals surface area contributed by atoms with Gasteiger partial charge in [0, 0.05) is 15.2 Å². The van der Waals surface area contributed by atoms with Crippen molar-refractivity contribution < 1.29 is 23.5 Å². The van der Waals surface area contributed by atoms with Crippen molar-refractivity contribution in [2.24, 2.45) is 5.10 Å². The number of amides is 1. The quantitative estimate of drug-likeness (QED) is 0.197. The maximum Gasteiger partial charge on any atom is 0.345 e. The van der Waals surface area contributed by atoms with Gasteiger partial charge in [-0.3, -0.25) is 4.79 Å². The molecule has 0 radical (unpaired) electrons. The van der Waals surface area contributed by atoms with Crippen LogP contribution in [0.4, 0.5) is 11.6 Å². The molecule has 0 saturated carbocycles. The van der Waals surface area contributed by atoms with Crippen molar-refractivity contribution in [3.05, 3.63) is 74.4 Å². The van der Waals surface area contributed by atoms with Gasteiger partial charge < -0.3 is 19.2 Å². The molecule has 0 aliphatic carbocycles. The standard InChI is InChI=1S/C22H18BrCl2N3O5/c1-2-31-22(30)19-20(25)17(33-21(19)27-15-7-5-14(24)6-8-15)11-26-28-18(29)12-32-16-9-3-13(23)4-10-16/h3-11,27H,2,12H2,1H3,(H,28,29)/b26-11-. The molecule has 0 bridgehead atoms. The number of esters is 1. The van der Waals surface area contributed by atoms with Crippen LogP contribution < -0.4 is 15.5 Å². The molecular weight excluding hydrogens is 537 g/mol. The van der Waals surface area contributed by atoms with Crippen LogP contribution in [0, 0.1) is 0 Å². The van der Waals surface area contributed by atoms with Crippen molar-refractivity contribution in [3.63, 3.8) is 0 Å². The number of furan rings is 1. The van der Waals surface area contributed by atoms with Gasteiger partial charge in [0.25, 0.3) is 5.91 Å². The molecule has 0 fully saturated rings.